The van der Waals surface area contributed by atoms with Crippen LogP contribution in [0.1, 0.15) is 19.0 Å². The summed E-state index contributed by atoms with van der Waals surface area (Å²) in [6.07, 6.45) is 4.90. The van der Waals surface area contributed by atoms with E-state index in [2.05, 4.69) is 6.58 Å². The van der Waals surface area contributed by atoms with Crippen LogP contribution < -0.4 is 4.57 Å². The molecule has 3 heteroatoms. The molecule has 0 saturated heterocycles. The zero-order valence-corrected chi connectivity index (χ0v) is 6.86. The fourth-order valence-corrected chi connectivity index (χ4v) is 1.08. The minimum atomic E-state index is -0.476. The number of hydrogen-bond donors (Lipinski definition) is 1. The fourth-order valence-electron chi connectivity index (χ4n) is 1.08. The van der Waals surface area contributed by atoms with Gasteiger partial charge in [-0.15, -0.1) is 0 Å². The Morgan fingerprint density at radius 3 is 2.73 bits per heavy atom. The summed E-state index contributed by atoms with van der Waals surface area (Å²) in [5.74, 6) is 0.968. The van der Waals surface area contributed by atoms with Crippen molar-refractivity contribution in [1.29, 1.82) is 0 Å². The molecule has 1 atom stereocenters. The van der Waals surface area contributed by atoms with E-state index in [1.54, 1.807) is 17.7 Å². The summed E-state index contributed by atoms with van der Waals surface area (Å²) in [6.45, 7) is 7.28. The summed E-state index contributed by atoms with van der Waals surface area (Å²) in [4.78, 5) is 0. The van der Waals surface area contributed by atoms with Crippen molar-refractivity contribution >= 4 is 6.20 Å². The lowest BCUT2D eigenvalue weighted by atomic mass is 10.6. The van der Waals surface area contributed by atoms with Crippen molar-refractivity contribution in [2.24, 2.45) is 0 Å². The zero-order chi connectivity index (χ0) is 8.43. The van der Waals surface area contributed by atoms with E-state index in [4.69, 9.17) is 0 Å². The first-order chi connectivity index (χ1) is 5.16. The first-order valence-electron chi connectivity index (χ1n) is 3.56. The van der Waals surface area contributed by atoms with Gasteiger partial charge in [0, 0.05) is 13.8 Å². The lowest BCUT2D eigenvalue weighted by Gasteiger charge is -1.99. The fraction of sp³-hybridized carbons (Fsp3) is 0.375. The number of rotatable bonds is 2. The molecule has 0 bridgehead atoms. The van der Waals surface area contributed by atoms with Crippen LogP contribution >= 0.6 is 0 Å². The lowest BCUT2D eigenvalue weighted by Crippen LogP contribution is -2.38. The smallest absolute Gasteiger partial charge is 0.260 e. The average molecular weight is 153 g/mol. The van der Waals surface area contributed by atoms with Gasteiger partial charge >= 0.3 is 0 Å². The molecule has 0 radical (unpaired) electrons. The van der Waals surface area contributed by atoms with Crippen LogP contribution in [0.5, 0.6) is 0 Å². The quantitative estimate of drug-likeness (QED) is 0.622. The van der Waals surface area contributed by atoms with E-state index in [0.717, 1.165) is 5.82 Å². The largest absolute Gasteiger partial charge is 0.355 e. The van der Waals surface area contributed by atoms with Gasteiger partial charge in [-0.25, -0.2) is 9.13 Å². The Bertz CT molecular complexity index is 263. The second kappa shape index (κ2) is 2.88. The highest BCUT2D eigenvalue weighted by Crippen LogP contribution is 1.96. The van der Waals surface area contributed by atoms with Crippen LogP contribution in [0.4, 0.5) is 0 Å². The monoisotopic (exact) mass is 153 g/mol. The van der Waals surface area contributed by atoms with Crippen molar-refractivity contribution in [2.75, 3.05) is 0 Å². The van der Waals surface area contributed by atoms with Crippen molar-refractivity contribution in [2.45, 2.75) is 20.1 Å². The Balaban J connectivity index is 3.10. The molecule has 1 aromatic heterocycles. The van der Waals surface area contributed by atoms with E-state index in [9.17, 15) is 5.11 Å². The van der Waals surface area contributed by atoms with Gasteiger partial charge < -0.3 is 5.11 Å². The third kappa shape index (κ3) is 1.33. The Morgan fingerprint density at radius 2 is 2.45 bits per heavy atom. The Labute approximate surface area is 66.2 Å². The SMILES string of the molecule is C=Cn1cc[n+](C(C)O)c1C. The van der Waals surface area contributed by atoms with Crippen molar-refractivity contribution < 1.29 is 9.67 Å². The van der Waals surface area contributed by atoms with E-state index in [1.165, 1.54) is 0 Å². The van der Waals surface area contributed by atoms with E-state index in [0.29, 0.717) is 0 Å². The average Bonchev–Trinajstić information content (AvgIpc) is 2.30. The summed E-state index contributed by atoms with van der Waals surface area (Å²) in [6, 6.07) is 0. The molecule has 0 fully saturated rings. The van der Waals surface area contributed by atoms with E-state index in [-0.39, 0.29) is 0 Å². The predicted molar refractivity (Wildman–Crippen MR) is 42.7 cm³/mol. The van der Waals surface area contributed by atoms with Gasteiger partial charge in [-0.05, 0) is 0 Å². The standard InChI is InChI=1S/C8H13N2O/c1-4-9-5-6-10(7(9)2)8(3)11/h4-6,8,11H,1H2,2-3H3/q+1. The molecule has 0 aliphatic carbocycles. The summed E-state index contributed by atoms with van der Waals surface area (Å²) in [7, 11) is 0. The number of nitrogens with zero attached hydrogens (tertiary/aromatic N) is 2. The van der Waals surface area contributed by atoms with Crippen LogP contribution in [0.2, 0.25) is 0 Å². The normalized spacial score (nSPS) is 13.0. The highest BCUT2D eigenvalue weighted by molar-refractivity contribution is 5.16. The summed E-state index contributed by atoms with van der Waals surface area (Å²) in [5.41, 5.74) is 0. The molecule has 11 heavy (non-hydrogen) atoms. The third-order valence-corrected chi connectivity index (χ3v) is 1.73. The van der Waals surface area contributed by atoms with Gasteiger partial charge in [0.1, 0.15) is 12.4 Å². The highest BCUT2D eigenvalue weighted by Gasteiger charge is 2.12. The molecule has 0 aliphatic heterocycles. The van der Waals surface area contributed by atoms with Gasteiger partial charge in [-0.3, -0.25) is 0 Å². The van der Waals surface area contributed by atoms with Crippen molar-refractivity contribution in [3.05, 3.63) is 24.8 Å². The number of aliphatic hydroxyl groups excluding tert-OH is 1. The van der Waals surface area contributed by atoms with Crippen LogP contribution in [-0.4, -0.2) is 9.67 Å². The molecule has 1 aromatic rings. The molecule has 0 amide bonds. The number of hydrogen-bond acceptors (Lipinski definition) is 1. The second-order valence-electron chi connectivity index (χ2n) is 2.47. The summed E-state index contributed by atoms with van der Waals surface area (Å²) < 4.78 is 3.62. The summed E-state index contributed by atoms with van der Waals surface area (Å²) in [5, 5.41) is 9.23. The van der Waals surface area contributed by atoms with E-state index in [1.807, 2.05) is 23.9 Å². The maximum absolute atomic E-state index is 9.23. The van der Waals surface area contributed by atoms with Crippen molar-refractivity contribution in [3.63, 3.8) is 0 Å². The minimum Gasteiger partial charge on any atom is -0.355 e. The van der Waals surface area contributed by atoms with Crippen LogP contribution in [0.15, 0.2) is 19.0 Å². The molecule has 0 aliphatic rings. The van der Waals surface area contributed by atoms with Crippen molar-refractivity contribution in [1.82, 2.24) is 4.57 Å². The minimum absolute atomic E-state index is 0.476. The molecule has 1 rings (SSSR count). The van der Waals surface area contributed by atoms with Gasteiger partial charge in [-0.1, -0.05) is 6.58 Å². The van der Waals surface area contributed by atoms with Crippen LogP contribution in [0, 0.1) is 6.92 Å². The van der Waals surface area contributed by atoms with Gasteiger partial charge in [0.15, 0.2) is 6.23 Å². The van der Waals surface area contributed by atoms with Gasteiger partial charge in [0.25, 0.3) is 5.82 Å². The van der Waals surface area contributed by atoms with Gasteiger partial charge in [0.05, 0.1) is 6.20 Å². The zero-order valence-electron chi connectivity index (χ0n) is 6.86. The molecule has 0 aromatic carbocycles. The number of aromatic nitrogens is 2. The Hall–Kier alpha value is -1.09. The lowest BCUT2D eigenvalue weighted by molar-refractivity contribution is -0.760. The van der Waals surface area contributed by atoms with Crippen LogP contribution in [0.25, 0.3) is 6.20 Å². The molecule has 60 valence electrons. The van der Waals surface area contributed by atoms with Crippen molar-refractivity contribution in [3.8, 4) is 0 Å². The second-order valence-corrected chi connectivity index (χ2v) is 2.47. The van der Waals surface area contributed by atoms with Crippen LogP contribution in [0.3, 0.4) is 0 Å². The molecule has 1 heterocycles. The third-order valence-electron chi connectivity index (χ3n) is 1.73. The maximum Gasteiger partial charge on any atom is 0.260 e. The first-order valence-corrected chi connectivity index (χ1v) is 3.56. The Kier molecular flexibility index (Phi) is 2.10. The Morgan fingerprint density at radius 1 is 1.82 bits per heavy atom. The van der Waals surface area contributed by atoms with E-state index >= 15 is 0 Å². The predicted octanol–water partition coefficient (Wildman–Crippen LogP) is 0.695. The van der Waals surface area contributed by atoms with E-state index < -0.39 is 6.23 Å². The topological polar surface area (TPSA) is 29.0 Å². The highest BCUT2D eigenvalue weighted by atomic mass is 16.3. The molecule has 1 N–H and O–H groups in total. The molecule has 1 unspecified atom stereocenters. The molecule has 0 spiro atoms. The number of imidazole rings is 1. The maximum atomic E-state index is 9.23. The molecular weight excluding hydrogens is 140 g/mol. The van der Waals surface area contributed by atoms with Crippen LogP contribution in [-0.2, 0) is 0 Å². The molecule has 3 nitrogen and oxygen atoms in total. The van der Waals surface area contributed by atoms with Gasteiger partial charge in [0.2, 0.25) is 0 Å². The van der Waals surface area contributed by atoms with Gasteiger partial charge in [-0.2, -0.15) is 0 Å². The molecule has 0 saturated carbocycles. The number of aliphatic hydroxyl groups is 1. The molecular formula is C8H13N2O+. The first kappa shape index (κ1) is 8.01. The summed E-state index contributed by atoms with van der Waals surface area (Å²) >= 11 is 0.